The molecule has 5 heteroatoms. The minimum absolute atomic E-state index is 0.159. The summed E-state index contributed by atoms with van der Waals surface area (Å²) in [6, 6.07) is 6.54. The van der Waals surface area contributed by atoms with E-state index >= 15 is 0 Å². The Morgan fingerprint density at radius 2 is 2.15 bits per heavy atom. The lowest BCUT2D eigenvalue weighted by Crippen LogP contribution is -2.26. The number of carbonyl (C=O) groups excluding carboxylic acids is 1. The molecule has 0 bridgehead atoms. The SMILES string of the molecule is CC1(C)CC1CNC(=O)c1cccc(OCC(=O)O)c1. The Hall–Kier alpha value is -2.04. The van der Waals surface area contributed by atoms with E-state index in [4.69, 9.17) is 9.84 Å². The second-order valence-corrected chi connectivity index (χ2v) is 5.81. The molecule has 0 aliphatic heterocycles. The number of hydrogen-bond donors (Lipinski definition) is 2. The van der Waals surface area contributed by atoms with Crippen molar-refractivity contribution in [1.82, 2.24) is 5.32 Å². The largest absolute Gasteiger partial charge is 0.482 e. The summed E-state index contributed by atoms with van der Waals surface area (Å²) in [5.74, 6) is -0.283. The fourth-order valence-electron chi connectivity index (χ4n) is 2.11. The third-order valence-electron chi connectivity index (χ3n) is 3.69. The number of nitrogens with one attached hydrogen (secondary N) is 1. The Balaban J connectivity index is 1.89. The van der Waals surface area contributed by atoms with Crippen molar-refractivity contribution < 1.29 is 19.4 Å². The predicted octanol–water partition coefficient (Wildman–Crippen LogP) is 1.93. The van der Waals surface area contributed by atoms with Crippen LogP contribution >= 0.6 is 0 Å². The third kappa shape index (κ3) is 3.73. The molecule has 1 saturated carbocycles. The van der Waals surface area contributed by atoms with Gasteiger partial charge in [0.25, 0.3) is 5.91 Å². The summed E-state index contributed by atoms with van der Waals surface area (Å²) in [7, 11) is 0. The van der Waals surface area contributed by atoms with E-state index in [1.54, 1.807) is 24.3 Å². The summed E-state index contributed by atoms with van der Waals surface area (Å²) in [6.45, 7) is 4.63. The maximum Gasteiger partial charge on any atom is 0.341 e. The Kier molecular flexibility index (Phi) is 3.97. The predicted molar refractivity (Wildman–Crippen MR) is 73.8 cm³/mol. The van der Waals surface area contributed by atoms with Gasteiger partial charge < -0.3 is 15.2 Å². The summed E-state index contributed by atoms with van der Waals surface area (Å²) in [6.07, 6.45) is 1.13. The van der Waals surface area contributed by atoms with E-state index in [0.717, 1.165) is 6.42 Å². The summed E-state index contributed by atoms with van der Waals surface area (Å²) < 4.78 is 5.05. The molecule has 1 unspecified atom stereocenters. The highest BCUT2D eigenvalue weighted by Gasteiger charge is 2.45. The van der Waals surface area contributed by atoms with Gasteiger partial charge in [-0.25, -0.2) is 4.79 Å². The van der Waals surface area contributed by atoms with Gasteiger partial charge in [-0.3, -0.25) is 4.79 Å². The molecule has 1 aromatic rings. The monoisotopic (exact) mass is 277 g/mol. The molecule has 1 fully saturated rings. The minimum Gasteiger partial charge on any atom is -0.482 e. The van der Waals surface area contributed by atoms with Crippen LogP contribution in [0.15, 0.2) is 24.3 Å². The van der Waals surface area contributed by atoms with Gasteiger partial charge in [0.1, 0.15) is 5.75 Å². The molecule has 2 rings (SSSR count). The topological polar surface area (TPSA) is 75.6 Å². The minimum atomic E-state index is -1.05. The molecule has 5 nitrogen and oxygen atoms in total. The van der Waals surface area contributed by atoms with Crippen molar-refractivity contribution in [2.24, 2.45) is 11.3 Å². The van der Waals surface area contributed by atoms with E-state index in [2.05, 4.69) is 19.2 Å². The van der Waals surface area contributed by atoms with Gasteiger partial charge in [0.05, 0.1) is 0 Å². The van der Waals surface area contributed by atoms with Crippen molar-refractivity contribution in [3.63, 3.8) is 0 Å². The zero-order chi connectivity index (χ0) is 14.8. The second kappa shape index (κ2) is 5.53. The molecule has 0 heterocycles. The van der Waals surface area contributed by atoms with E-state index < -0.39 is 12.6 Å². The van der Waals surface area contributed by atoms with Crippen LogP contribution in [0, 0.1) is 11.3 Å². The standard InChI is InChI=1S/C15H19NO4/c1-15(2)7-11(15)8-16-14(19)10-4-3-5-12(6-10)20-9-13(17)18/h3-6,11H,7-9H2,1-2H3,(H,16,19)(H,17,18). The average molecular weight is 277 g/mol. The number of hydrogen-bond acceptors (Lipinski definition) is 3. The maximum atomic E-state index is 12.0. The summed E-state index contributed by atoms with van der Waals surface area (Å²) in [4.78, 5) is 22.4. The van der Waals surface area contributed by atoms with Crippen LogP contribution < -0.4 is 10.1 Å². The van der Waals surface area contributed by atoms with Crippen molar-refractivity contribution in [2.75, 3.05) is 13.2 Å². The van der Waals surface area contributed by atoms with E-state index in [1.807, 2.05) is 0 Å². The molecule has 1 aliphatic carbocycles. The molecule has 0 aromatic heterocycles. The van der Waals surface area contributed by atoms with Crippen LogP contribution in [-0.4, -0.2) is 30.1 Å². The number of carbonyl (C=O) groups is 2. The summed E-state index contributed by atoms with van der Waals surface area (Å²) >= 11 is 0. The van der Waals surface area contributed by atoms with Gasteiger partial charge in [-0.05, 0) is 36.0 Å². The van der Waals surface area contributed by atoms with Crippen molar-refractivity contribution in [1.29, 1.82) is 0 Å². The van der Waals surface area contributed by atoms with Gasteiger partial charge in [-0.15, -0.1) is 0 Å². The Morgan fingerprint density at radius 3 is 2.75 bits per heavy atom. The molecule has 1 aromatic carbocycles. The van der Waals surface area contributed by atoms with E-state index in [-0.39, 0.29) is 5.91 Å². The number of amides is 1. The van der Waals surface area contributed by atoms with Gasteiger partial charge in [0.2, 0.25) is 0 Å². The maximum absolute atomic E-state index is 12.0. The Bertz CT molecular complexity index is 524. The number of aliphatic carboxylic acids is 1. The molecule has 0 spiro atoms. The normalized spacial score (nSPS) is 19.2. The van der Waals surface area contributed by atoms with Crippen LogP contribution in [0.4, 0.5) is 0 Å². The molecule has 2 N–H and O–H groups in total. The highest BCUT2D eigenvalue weighted by molar-refractivity contribution is 5.94. The van der Waals surface area contributed by atoms with Gasteiger partial charge in [-0.1, -0.05) is 19.9 Å². The lowest BCUT2D eigenvalue weighted by atomic mass is 10.1. The lowest BCUT2D eigenvalue weighted by molar-refractivity contribution is -0.139. The van der Waals surface area contributed by atoms with Gasteiger partial charge >= 0.3 is 5.97 Å². The highest BCUT2D eigenvalue weighted by atomic mass is 16.5. The number of carboxylic acid groups (broad SMARTS) is 1. The molecule has 0 radical (unpaired) electrons. The molecule has 108 valence electrons. The van der Waals surface area contributed by atoms with Gasteiger partial charge in [-0.2, -0.15) is 0 Å². The molecule has 20 heavy (non-hydrogen) atoms. The Morgan fingerprint density at radius 1 is 1.45 bits per heavy atom. The first-order valence-electron chi connectivity index (χ1n) is 6.61. The van der Waals surface area contributed by atoms with Crippen LogP contribution in [-0.2, 0) is 4.79 Å². The van der Waals surface area contributed by atoms with Crippen LogP contribution in [0.5, 0.6) is 5.75 Å². The smallest absolute Gasteiger partial charge is 0.341 e. The van der Waals surface area contributed by atoms with E-state index in [1.165, 1.54) is 0 Å². The average Bonchev–Trinajstić information content (AvgIpc) is 3.01. The van der Waals surface area contributed by atoms with Crippen LogP contribution in [0.2, 0.25) is 0 Å². The van der Waals surface area contributed by atoms with Crippen LogP contribution in [0.25, 0.3) is 0 Å². The molecule has 1 amide bonds. The first kappa shape index (κ1) is 14.4. The number of carboxylic acids is 1. The highest BCUT2D eigenvalue weighted by Crippen LogP contribution is 2.50. The van der Waals surface area contributed by atoms with Crippen molar-refractivity contribution in [2.45, 2.75) is 20.3 Å². The van der Waals surface area contributed by atoms with Gasteiger partial charge in [0, 0.05) is 12.1 Å². The van der Waals surface area contributed by atoms with Crippen LogP contribution in [0.3, 0.4) is 0 Å². The first-order chi connectivity index (χ1) is 9.38. The number of benzene rings is 1. The number of rotatable bonds is 6. The third-order valence-corrected chi connectivity index (χ3v) is 3.69. The quantitative estimate of drug-likeness (QED) is 0.833. The lowest BCUT2D eigenvalue weighted by Gasteiger charge is -2.08. The summed E-state index contributed by atoms with van der Waals surface area (Å²) in [5, 5.41) is 11.4. The van der Waals surface area contributed by atoms with E-state index in [0.29, 0.717) is 29.2 Å². The van der Waals surface area contributed by atoms with Crippen molar-refractivity contribution >= 4 is 11.9 Å². The zero-order valence-electron chi connectivity index (χ0n) is 11.7. The Labute approximate surface area is 117 Å². The number of ether oxygens (including phenoxy) is 1. The fourth-order valence-corrected chi connectivity index (χ4v) is 2.11. The fraction of sp³-hybridized carbons (Fsp3) is 0.467. The molecule has 0 saturated heterocycles. The molecular formula is C15H19NO4. The van der Waals surface area contributed by atoms with E-state index in [9.17, 15) is 9.59 Å². The molecule has 1 atom stereocenters. The van der Waals surface area contributed by atoms with Crippen molar-refractivity contribution in [3.8, 4) is 5.75 Å². The summed E-state index contributed by atoms with van der Waals surface area (Å²) in [5.41, 5.74) is 0.811. The van der Waals surface area contributed by atoms with Crippen molar-refractivity contribution in [3.05, 3.63) is 29.8 Å². The first-order valence-corrected chi connectivity index (χ1v) is 6.61. The van der Waals surface area contributed by atoms with Gasteiger partial charge in [0.15, 0.2) is 6.61 Å². The molecule has 1 aliphatic rings. The molecular weight excluding hydrogens is 258 g/mol. The van der Waals surface area contributed by atoms with Crippen LogP contribution in [0.1, 0.15) is 30.6 Å². The zero-order valence-corrected chi connectivity index (χ0v) is 11.7. The second-order valence-electron chi connectivity index (χ2n) is 5.81.